The van der Waals surface area contributed by atoms with Gasteiger partial charge >= 0.3 is 0 Å². The lowest BCUT2D eigenvalue weighted by Gasteiger charge is -2.27. The maximum atomic E-state index is 5.99. The molecular formula is C15H22N6S. The summed E-state index contributed by atoms with van der Waals surface area (Å²) in [7, 11) is 0. The molecule has 7 heteroatoms. The van der Waals surface area contributed by atoms with E-state index in [2.05, 4.69) is 23.5 Å². The average molecular weight is 318 g/mol. The van der Waals surface area contributed by atoms with Crippen LogP contribution in [0.4, 0.5) is 17.3 Å². The number of nitrogens with two attached hydrogens (primary N) is 3. The average Bonchev–Trinajstić information content (AvgIpc) is 2.66. The molecule has 1 aliphatic carbocycles. The Kier molecular flexibility index (Phi) is 3.90. The van der Waals surface area contributed by atoms with Gasteiger partial charge in [0.1, 0.15) is 11.6 Å². The molecule has 0 unspecified atom stereocenters. The van der Waals surface area contributed by atoms with E-state index in [0.29, 0.717) is 23.4 Å². The minimum absolute atomic E-state index is 0.293. The molecule has 0 radical (unpaired) electrons. The normalized spacial score (nSPS) is 15.0. The van der Waals surface area contributed by atoms with Crippen LogP contribution in [0.3, 0.4) is 0 Å². The largest absolute Gasteiger partial charge is 0.395 e. The Morgan fingerprint density at radius 2 is 2.00 bits per heavy atom. The van der Waals surface area contributed by atoms with Gasteiger partial charge in [0.2, 0.25) is 0 Å². The van der Waals surface area contributed by atoms with Crippen molar-refractivity contribution < 1.29 is 0 Å². The Morgan fingerprint density at radius 3 is 2.64 bits per heavy atom. The summed E-state index contributed by atoms with van der Waals surface area (Å²) in [6.07, 6.45) is 3.77. The van der Waals surface area contributed by atoms with Crippen molar-refractivity contribution in [1.29, 1.82) is 0 Å². The molecule has 1 saturated carbocycles. The van der Waals surface area contributed by atoms with E-state index in [-0.39, 0.29) is 0 Å². The highest BCUT2D eigenvalue weighted by Crippen LogP contribution is 2.36. The molecular weight excluding hydrogens is 296 g/mol. The van der Waals surface area contributed by atoms with E-state index in [9.17, 15) is 0 Å². The SMILES string of the molecule is Cc1nn(C2CCC2)c(C)c1CSc1cc(N)nc(N)c1N. The van der Waals surface area contributed by atoms with E-state index >= 15 is 0 Å². The number of pyridine rings is 1. The highest BCUT2D eigenvalue weighted by molar-refractivity contribution is 7.98. The number of nitrogen functional groups attached to an aromatic ring is 3. The van der Waals surface area contributed by atoms with E-state index in [4.69, 9.17) is 22.3 Å². The molecule has 2 aromatic heterocycles. The summed E-state index contributed by atoms with van der Waals surface area (Å²) in [6, 6.07) is 2.35. The molecule has 2 heterocycles. The molecule has 1 fully saturated rings. The van der Waals surface area contributed by atoms with E-state index in [0.717, 1.165) is 16.3 Å². The number of thioether (sulfide) groups is 1. The third kappa shape index (κ3) is 2.61. The maximum absolute atomic E-state index is 5.99. The molecule has 3 rings (SSSR count). The highest BCUT2D eigenvalue weighted by Gasteiger charge is 2.24. The molecule has 118 valence electrons. The Morgan fingerprint density at radius 1 is 1.27 bits per heavy atom. The van der Waals surface area contributed by atoms with Crippen molar-refractivity contribution in [2.45, 2.75) is 49.8 Å². The fourth-order valence-corrected chi connectivity index (χ4v) is 3.91. The second kappa shape index (κ2) is 5.72. The van der Waals surface area contributed by atoms with Crippen molar-refractivity contribution >= 4 is 29.1 Å². The fourth-order valence-electron chi connectivity index (χ4n) is 2.73. The van der Waals surface area contributed by atoms with Gasteiger partial charge in [0.25, 0.3) is 0 Å². The van der Waals surface area contributed by atoms with Crippen molar-refractivity contribution in [3.05, 3.63) is 23.0 Å². The maximum Gasteiger partial charge on any atom is 0.150 e. The van der Waals surface area contributed by atoms with E-state index in [1.165, 1.54) is 30.5 Å². The van der Waals surface area contributed by atoms with Crippen molar-refractivity contribution in [2.24, 2.45) is 0 Å². The molecule has 0 atom stereocenters. The Balaban J connectivity index is 1.81. The first-order valence-electron chi connectivity index (χ1n) is 7.46. The van der Waals surface area contributed by atoms with Gasteiger partial charge < -0.3 is 17.2 Å². The van der Waals surface area contributed by atoms with Gasteiger partial charge in [0.05, 0.1) is 17.4 Å². The number of nitrogens with zero attached hydrogens (tertiary/aromatic N) is 3. The first kappa shape index (κ1) is 15.0. The van der Waals surface area contributed by atoms with Crippen LogP contribution in [0, 0.1) is 13.8 Å². The lowest BCUT2D eigenvalue weighted by atomic mass is 9.93. The molecule has 6 nitrogen and oxygen atoms in total. The topological polar surface area (TPSA) is 109 Å². The van der Waals surface area contributed by atoms with Gasteiger partial charge in [0, 0.05) is 21.9 Å². The van der Waals surface area contributed by atoms with Crippen LogP contribution in [-0.4, -0.2) is 14.8 Å². The van der Waals surface area contributed by atoms with E-state index in [1.54, 1.807) is 17.8 Å². The van der Waals surface area contributed by atoms with Gasteiger partial charge in [-0.15, -0.1) is 11.8 Å². The van der Waals surface area contributed by atoms with Gasteiger partial charge in [-0.1, -0.05) is 0 Å². The zero-order valence-corrected chi connectivity index (χ0v) is 13.8. The standard InChI is InChI=1S/C15H22N6S/c1-8-11(9(2)21(20-8)10-4-3-5-10)7-22-12-6-13(16)19-15(18)14(12)17/h6,10H,3-5,7,17H2,1-2H3,(H4,16,18,19). The van der Waals surface area contributed by atoms with Gasteiger partial charge in [-0.3, -0.25) is 4.68 Å². The van der Waals surface area contributed by atoms with Crippen LogP contribution in [0.2, 0.25) is 0 Å². The zero-order valence-electron chi connectivity index (χ0n) is 13.0. The molecule has 0 aromatic carbocycles. The summed E-state index contributed by atoms with van der Waals surface area (Å²) in [5.74, 6) is 1.49. The van der Waals surface area contributed by atoms with Crippen molar-refractivity contribution in [1.82, 2.24) is 14.8 Å². The van der Waals surface area contributed by atoms with Crippen LogP contribution in [0.25, 0.3) is 0 Å². The third-order valence-corrected chi connectivity index (χ3v) is 5.42. The summed E-state index contributed by atoms with van der Waals surface area (Å²) >= 11 is 1.63. The lowest BCUT2D eigenvalue weighted by molar-refractivity contribution is 0.284. The molecule has 6 N–H and O–H groups in total. The number of hydrogen-bond donors (Lipinski definition) is 3. The smallest absolute Gasteiger partial charge is 0.150 e. The van der Waals surface area contributed by atoms with Crippen molar-refractivity contribution in [2.75, 3.05) is 17.2 Å². The summed E-state index contributed by atoms with van der Waals surface area (Å²) in [4.78, 5) is 4.85. The molecule has 0 spiro atoms. The predicted octanol–water partition coefficient (Wildman–Crippen LogP) is 2.66. The number of aromatic nitrogens is 3. The van der Waals surface area contributed by atoms with Gasteiger partial charge in [-0.25, -0.2) is 4.98 Å². The van der Waals surface area contributed by atoms with E-state index < -0.39 is 0 Å². The first-order chi connectivity index (χ1) is 10.5. The first-order valence-corrected chi connectivity index (χ1v) is 8.44. The summed E-state index contributed by atoms with van der Waals surface area (Å²) in [5, 5.41) is 4.71. The van der Waals surface area contributed by atoms with Crippen LogP contribution < -0.4 is 17.2 Å². The van der Waals surface area contributed by atoms with Crippen LogP contribution in [0.5, 0.6) is 0 Å². The molecule has 0 bridgehead atoms. The van der Waals surface area contributed by atoms with Gasteiger partial charge in [0.15, 0.2) is 0 Å². The summed E-state index contributed by atoms with van der Waals surface area (Å²) in [6.45, 7) is 4.21. The second-order valence-electron chi connectivity index (χ2n) is 5.81. The van der Waals surface area contributed by atoms with Crippen molar-refractivity contribution in [3.8, 4) is 0 Å². The molecule has 0 aliphatic heterocycles. The minimum Gasteiger partial charge on any atom is -0.395 e. The van der Waals surface area contributed by atoms with Crippen LogP contribution >= 0.6 is 11.8 Å². The molecule has 2 aromatic rings. The third-order valence-electron chi connectivity index (χ3n) is 4.34. The number of anilines is 3. The fraction of sp³-hybridized carbons (Fsp3) is 0.467. The Labute approximate surface area is 134 Å². The van der Waals surface area contributed by atoms with Gasteiger partial charge in [-0.2, -0.15) is 5.10 Å². The van der Waals surface area contributed by atoms with Crippen LogP contribution in [0.1, 0.15) is 42.3 Å². The lowest BCUT2D eigenvalue weighted by Crippen LogP contribution is -2.19. The van der Waals surface area contributed by atoms with Gasteiger partial charge in [-0.05, 0) is 39.2 Å². The molecule has 0 amide bonds. The quantitative estimate of drug-likeness (QED) is 0.748. The monoisotopic (exact) mass is 318 g/mol. The molecule has 0 saturated heterocycles. The molecule has 1 aliphatic rings. The Bertz CT molecular complexity index is 705. The van der Waals surface area contributed by atoms with E-state index in [1.807, 2.05) is 0 Å². The second-order valence-corrected chi connectivity index (χ2v) is 6.83. The number of aryl methyl sites for hydroxylation is 1. The minimum atomic E-state index is 0.293. The predicted molar refractivity (Wildman–Crippen MR) is 91.6 cm³/mol. The van der Waals surface area contributed by atoms with Crippen LogP contribution in [0.15, 0.2) is 11.0 Å². The Hall–Kier alpha value is -1.89. The summed E-state index contributed by atoms with van der Waals surface area (Å²) < 4.78 is 2.19. The number of rotatable bonds is 4. The van der Waals surface area contributed by atoms with Crippen LogP contribution in [-0.2, 0) is 5.75 Å². The number of hydrogen-bond acceptors (Lipinski definition) is 6. The van der Waals surface area contributed by atoms with Crippen molar-refractivity contribution in [3.63, 3.8) is 0 Å². The zero-order chi connectivity index (χ0) is 15.9. The summed E-state index contributed by atoms with van der Waals surface area (Å²) in [5.41, 5.74) is 21.6. The molecule has 22 heavy (non-hydrogen) atoms. The highest BCUT2D eigenvalue weighted by atomic mass is 32.2.